The zero-order chi connectivity index (χ0) is 23.3. The van der Waals surface area contributed by atoms with Gasteiger partial charge in [-0.2, -0.15) is 5.26 Å². The third-order valence-corrected chi connectivity index (χ3v) is 7.00. The van der Waals surface area contributed by atoms with Gasteiger partial charge < -0.3 is 15.0 Å². The molecular weight excluding hydrogens is 433 g/mol. The van der Waals surface area contributed by atoms with Gasteiger partial charge in [0.25, 0.3) is 0 Å². The van der Waals surface area contributed by atoms with E-state index in [1.807, 2.05) is 0 Å². The number of aromatic amines is 1. The Labute approximate surface area is 195 Å². The zero-order valence-corrected chi connectivity index (χ0v) is 18.8. The van der Waals surface area contributed by atoms with E-state index in [4.69, 9.17) is 4.74 Å². The minimum Gasteiger partial charge on any atom is -0.495 e. The highest BCUT2D eigenvalue weighted by Gasteiger charge is 2.68. The van der Waals surface area contributed by atoms with Crippen LogP contribution < -0.4 is 10.1 Å². The molecule has 2 bridgehead atoms. The number of halogens is 1. The summed E-state index contributed by atoms with van der Waals surface area (Å²) in [5.74, 6) is 0.557. The molecule has 0 radical (unpaired) electrons. The Balaban J connectivity index is 1.14. The SMILES string of the molecule is COc1cnc(C#N)c(-c2cn(Cc3ccc4cc(CNCC56CC(F)(C5)C6)[nH]c4c3)nn2)c1. The molecule has 9 heteroatoms. The van der Waals surface area contributed by atoms with Crippen LogP contribution in [0.5, 0.6) is 5.75 Å². The van der Waals surface area contributed by atoms with Crippen molar-refractivity contribution in [1.82, 2.24) is 30.3 Å². The lowest BCUT2D eigenvalue weighted by atomic mass is 9.42. The molecule has 2 N–H and O–H groups in total. The summed E-state index contributed by atoms with van der Waals surface area (Å²) in [4.78, 5) is 7.62. The highest BCUT2D eigenvalue weighted by atomic mass is 19.1. The maximum absolute atomic E-state index is 13.7. The van der Waals surface area contributed by atoms with Crippen LogP contribution in [0.2, 0.25) is 0 Å². The summed E-state index contributed by atoms with van der Waals surface area (Å²) in [6, 6.07) is 12.3. The van der Waals surface area contributed by atoms with E-state index in [9.17, 15) is 9.65 Å². The van der Waals surface area contributed by atoms with Gasteiger partial charge in [-0.1, -0.05) is 17.3 Å². The topological polar surface area (TPSA) is 104 Å². The first kappa shape index (κ1) is 20.8. The molecule has 3 aliphatic carbocycles. The lowest BCUT2D eigenvalue weighted by Crippen LogP contribution is -2.67. The molecule has 0 unspecified atom stereocenters. The Morgan fingerprint density at radius 1 is 1.26 bits per heavy atom. The van der Waals surface area contributed by atoms with E-state index in [2.05, 4.69) is 55.9 Å². The normalized spacial score (nSPS) is 22.7. The van der Waals surface area contributed by atoms with Crippen molar-refractivity contribution < 1.29 is 9.13 Å². The van der Waals surface area contributed by atoms with Crippen LogP contribution in [0.3, 0.4) is 0 Å². The second-order valence-electron chi connectivity index (χ2n) is 9.69. The molecule has 0 amide bonds. The monoisotopic (exact) mass is 457 g/mol. The van der Waals surface area contributed by atoms with Crippen LogP contribution >= 0.6 is 0 Å². The Bertz CT molecular complexity index is 1410. The maximum Gasteiger partial charge on any atom is 0.150 e. The fourth-order valence-electron chi connectivity index (χ4n) is 5.47. The van der Waals surface area contributed by atoms with Gasteiger partial charge in [-0.3, -0.25) is 0 Å². The van der Waals surface area contributed by atoms with Crippen molar-refractivity contribution in [1.29, 1.82) is 5.26 Å². The molecule has 3 aromatic heterocycles. The number of benzene rings is 1. The van der Waals surface area contributed by atoms with Crippen LogP contribution in [0.25, 0.3) is 22.2 Å². The van der Waals surface area contributed by atoms with Crippen molar-refractivity contribution in [3.05, 3.63) is 59.7 Å². The number of rotatable bonds is 8. The number of fused-ring (bicyclic) bond motifs is 1. The number of nitriles is 1. The van der Waals surface area contributed by atoms with Crippen LogP contribution in [-0.2, 0) is 13.1 Å². The van der Waals surface area contributed by atoms with Crippen molar-refractivity contribution in [2.24, 2.45) is 5.41 Å². The number of aromatic nitrogens is 5. The highest BCUT2D eigenvalue weighted by Crippen LogP contribution is 2.69. The van der Waals surface area contributed by atoms with Crippen molar-refractivity contribution in [2.45, 2.75) is 38.0 Å². The number of nitrogens with zero attached hydrogens (tertiary/aromatic N) is 5. The predicted molar refractivity (Wildman–Crippen MR) is 124 cm³/mol. The lowest BCUT2D eigenvalue weighted by molar-refractivity contribution is -0.209. The third kappa shape index (κ3) is 3.60. The van der Waals surface area contributed by atoms with Gasteiger partial charge >= 0.3 is 0 Å². The summed E-state index contributed by atoms with van der Waals surface area (Å²) in [5.41, 5.74) is 4.06. The summed E-state index contributed by atoms with van der Waals surface area (Å²) >= 11 is 0. The minimum absolute atomic E-state index is 0.208. The molecule has 0 saturated heterocycles. The number of hydrogen-bond acceptors (Lipinski definition) is 6. The lowest BCUT2D eigenvalue weighted by Gasteiger charge is -2.66. The van der Waals surface area contributed by atoms with Crippen molar-refractivity contribution in [3.8, 4) is 23.1 Å². The average Bonchev–Trinajstić information content (AvgIpc) is 3.43. The van der Waals surface area contributed by atoms with Crippen LogP contribution in [-0.4, -0.2) is 44.3 Å². The second kappa shape index (κ2) is 7.64. The standard InChI is InChI=1S/C25H24FN7O/c1-34-19-6-20(22(7-27)29-9-19)23-11-33(32-31-23)10-16-2-3-17-5-18(30-21(17)4-16)8-28-15-24-12-25(26,13-24)14-24/h2-6,9,11,28,30H,8,10,12-15H2,1H3. The first-order valence-electron chi connectivity index (χ1n) is 11.3. The number of pyridine rings is 1. The molecule has 8 nitrogen and oxygen atoms in total. The van der Waals surface area contributed by atoms with E-state index in [1.54, 1.807) is 24.1 Å². The number of methoxy groups -OCH3 is 1. The number of hydrogen-bond donors (Lipinski definition) is 2. The molecule has 0 spiro atoms. The summed E-state index contributed by atoms with van der Waals surface area (Å²) in [7, 11) is 1.55. The van der Waals surface area contributed by atoms with Crippen molar-refractivity contribution >= 4 is 10.9 Å². The largest absolute Gasteiger partial charge is 0.495 e. The predicted octanol–water partition coefficient (Wildman–Crippen LogP) is 3.73. The number of H-pyrrole nitrogens is 1. The molecule has 3 saturated carbocycles. The average molecular weight is 458 g/mol. The quantitative estimate of drug-likeness (QED) is 0.418. The molecule has 0 atom stereocenters. The highest BCUT2D eigenvalue weighted by molar-refractivity contribution is 5.81. The number of ether oxygens (including phenoxy) is 1. The number of alkyl halides is 1. The van der Waals surface area contributed by atoms with Crippen molar-refractivity contribution in [3.63, 3.8) is 0 Å². The van der Waals surface area contributed by atoms with Gasteiger partial charge in [0.05, 0.1) is 26.0 Å². The van der Waals surface area contributed by atoms with E-state index in [1.165, 1.54) is 6.20 Å². The van der Waals surface area contributed by atoms with Crippen LogP contribution in [0.1, 0.15) is 36.2 Å². The molecule has 172 valence electrons. The van der Waals surface area contributed by atoms with E-state index in [-0.39, 0.29) is 11.1 Å². The molecular formula is C25H24FN7O. The van der Waals surface area contributed by atoms with Gasteiger partial charge in [-0.15, -0.1) is 5.10 Å². The van der Waals surface area contributed by atoms with Crippen molar-refractivity contribution in [2.75, 3.05) is 13.7 Å². The smallest absolute Gasteiger partial charge is 0.150 e. The molecule has 3 heterocycles. The molecule has 3 fully saturated rings. The summed E-state index contributed by atoms with van der Waals surface area (Å²) in [6.07, 6.45) is 5.48. The fourth-order valence-corrected chi connectivity index (χ4v) is 5.47. The van der Waals surface area contributed by atoms with E-state index < -0.39 is 5.67 Å². The first-order chi connectivity index (χ1) is 16.5. The molecule has 34 heavy (non-hydrogen) atoms. The summed E-state index contributed by atoms with van der Waals surface area (Å²) in [5, 5.41) is 22.5. The van der Waals surface area contributed by atoms with E-state index in [0.29, 0.717) is 23.6 Å². The van der Waals surface area contributed by atoms with Gasteiger partial charge in [0.2, 0.25) is 0 Å². The van der Waals surface area contributed by atoms with E-state index in [0.717, 1.165) is 54.5 Å². The van der Waals surface area contributed by atoms with Gasteiger partial charge in [-0.05, 0) is 53.8 Å². The first-order valence-corrected chi connectivity index (χ1v) is 11.3. The number of nitrogens with one attached hydrogen (secondary N) is 2. The van der Waals surface area contributed by atoms with Crippen LogP contribution in [0, 0.1) is 16.7 Å². The molecule has 1 aromatic carbocycles. The zero-order valence-electron chi connectivity index (χ0n) is 18.8. The Morgan fingerprint density at radius 2 is 2.12 bits per heavy atom. The van der Waals surface area contributed by atoms with Gasteiger partial charge in [0.1, 0.15) is 28.9 Å². The van der Waals surface area contributed by atoms with Gasteiger partial charge in [-0.25, -0.2) is 14.1 Å². The van der Waals surface area contributed by atoms with Gasteiger partial charge in [0.15, 0.2) is 0 Å². The minimum atomic E-state index is -0.840. The fraction of sp³-hybridized carbons (Fsp3) is 0.360. The maximum atomic E-state index is 13.7. The summed E-state index contributed by atoms with van der Waals surface area (Å²) < 4.78 is 20.7. The Kier molecular flexibility index (Phi) is 4.67. The molecule has 3 aliphatic rings. The molecule has 0 aliphatic heterocycles. The second-order valence-corrected chi connectivity index (χ2v) is 9.69. The van der Waals surface area contributed by atoms with Crippen LogP contribution in [0.4, 0.5) is 4.39 Å². The molecule has 4 aromatic rings. The Hall–Kier alpha value is -3.77. The summed E-state index contributed by atoms with van der Waals surface area (Å²) in [6.45, 7) is 2.17. The van der Waals surface area contributed by atoms with Crippen LogP contribution in [0.15, 0.2) is 42.7 Å². The third-order valence-electron chi connectivity index (χ3n) is 7.00. The molecule has 7 rings (SSSR count). The van der Waals surface area contributed by atoms with E-state index >= 15 is 0 Å². The Morgan fingerprint density at radius 3 is 2.88 bits per heavy atom. The van der Waals surface area contributed by atoms with Gasteiger partial charge in [0, 0.05) is 29.9 Å².